The summed E-state index contributed by atoms with van der Waals surface area (Å²) in [5, 5.41) is 18.6. The lowest BCUT2D eigenvalue weighted by atomic mass is 9.76. The van der Waals surface area contributed by atoms with Crippen LogP contribution in [-0.2, 0) is 16.0 Å². The van der Waals surface area contributed by atoms with E-state index in [2.05, 4.69) is 0 Å². The molecule has 82 valence electrons. The maximum Gasteiger partial charge on any atom is 0.493 e. The highest BCUT2D eigenvalue weighted by Gasteiger charge is 2.32. The lowest BCUT2D eigenvalue weighted by Gasteiger charge is -2.09. The highest BCUT2D eigenvalue weighted by Crippen LogP contribution is 2.22. The second kappa shape index (κ2) is 4.53. The summed E-state index contributed by atoms with van der Waals surface area (Å²) >= 11 is 0. The highest BCUT2D eigenvalue weighted by molar-refractivity contribution is 6.62. The molecule has 1 aliphatic heterocycles. The van der Waals surface area contributed by atoms with Crippen molar-refractivity contribution in [2.45, 2.75) is 6.61 Å². The van der Waals surface area contributed by atoms with Crippen LogP contribution in [0.5, 0.6) is 5.75 Å². The number of methoxy groups -OCH3 is 1. The first-order valence-electron chi connectivity index (χ1n) is 4.75. The monoisotopic (exact) mass is 219 g/mol. The Balaban J connectivity index is 2.42. The van der Waals surface area contributed by atoms with Crippen molar-refractivity contribution in [2.24, 2.45) is 0 Å². The molecule has 0 bridgehead atoms. The van der Waals surface area contributed by atoms with Gasteiger partial charge >= 0.3 is 7.12 Å². The van der Waals surface area contributed by atoms with Crippen molar-refractivity contribution in [1.29, 1.82) is 5.26 Å². The van der Waals surface area contributed by atoms with Crippen LogP contribution in [0, 0.1) is 11.3 Å². The molecule has 2 rings (SSSR count). The van der Waals surface area contributed by atoms with Gasteiger partial charge in [0, 0.05) is 12.6 Å². The first kappa shape index (κ1) is 11.0. The average Bonchev–Trinajstić information content (AvgIpc) is 2.68. The normalized spacial score (nSPS) is 13.4. The number of fused-ring (bicyclic) bond motifs is 1. The molecular weight excluding hydrogens is 209 g/mol. The van der Waals surface area contributed by atoms with Crippen molar-refractivity contribution in [3.05, 3.63) is 23.3 Å². The van der Waals surface area contributed by atoms with Gasteiger partial charge in [0.1, 0.15) is 11.8 Å². The summed E-state index contributed by atoms with van der Waals surface area (Å²) in [4.78, 5) is 0. The smallest absolute Gasteiger partial charge is 0.466 e. The van der Waals surface area contributed by atoms with E-state index in [1.54, 1.807) is 12.1 Å². The molecule has 0 fully saturated rings. The highest BCUT2D eigenvalue weighted by atomic mass is 16.7. The zero-order valence-electron chi connectivity index (χ0n) is 8.77. The Bertz CT molecular complexity index is 443. The molecule has 1 heterocycles. The summed E-state index contributed by atoms with van der Waals surface area (Å²) in [7, 11) is 0.452. The van der Waals surface area contributed by atoms with Gasteiger partial charge in [-0.05, 0) is 11.6 Å². The first-order valence-corrected chi connectivity index (χ1v) is 4.75. The summed E-state index contributed by atoms with van der Waals surface area (Å²) < 4.78 is 15.0. The van der Waals surface area contributed by atoms with Crippen LogP contribution in [-0.4, -0.2) is 26.0 Å². The minimum absolute atomic E-state index is 0.0599. The van der Waals surface area contributed by atoms with Gasteiger partial charge < -0.3 is 19.2 Å². The number of hydrogen-bond donors (Lipinski definition) is 1. The molecule has 0 aromatic heterocycles. The maximum atomic E-state index is 9.58. The number of nitrogens with zero attached hydrogens (tertiary/aromatic N) is 1. The van der Waals surface area contributed by atoms with Crippen molar-refractivity contribution in [3.63, 3.8) is 0 Å². The Morgan fingerprint density at radius 3 is 3.12 bits per heavy atom. The standard InChI is InChI=1S/C10H10BNO4/c1-14-6-15-9-3-2-7-5-16-11(13)10(7)8(9)4-12/h2-3,13H,5-6H2,1H3. The number of benzene rings is 1. The van der Waals surface area contributed by atoms with Crippen LogP contribution >= 0.6 is 0 Å². The van der Waals surface area contributed by atoms with Gasteiger partial charge in [-0.15, -0.1) is 0 Å². The van der Waals surface area contributed by atoms with E-state index in [0.717, 1.165) is 5.56 Å². The molecule has 5 nitrogen and oxygen atoms in total. The van der Waals surface area contributed by atoms with E-state index in [-0.39, 0.29) is 6.79 Å². The van der Waals surface area contributed by atoms with E-state index in [9.17, 15) is 5.02 Å². The van der Waals surface area contributed by atoms with Crippen molar-refractivity contribution >= 4 is 12.6 Å². The van der Waals surface area contributed by atoms with Crippen LogP contribution < -0.4 is 10.2 Å². The summed E-state index contributed by atoms with van der Waals surface area (Å²) in [6.45, 7) is 0.375. The lowest BCUT2D eigenvalue weighted by molar-refractivity contribution is 0.0509. The maximum absolute atomic E-state index is 9.58. The van der Waals surface area contributed by atoms with E-state index in [1.165, 1.54) is 7.11 Å². The minimum atomic E-state index is -1.05. The minimum Gasteiger partial charge on any atom is -0.466 e. The van der Waals surface area contributed by atoms with Crippen molar-refractivity contribution in [3.8, 4) is 11.8 Å². The van der Waals surface area contributed by atoms with Gasteiger partial charge in [0.05, 0.1) is 12.2 Å². The Kier molecular flexibility index (Phi) is 3.10. The van der Waals surface area contributed by atoms with Crippen LogP contribution in [0.4, 0.5) is 0 Å². The Hall–Kier alpha value is -1.55. The molecule has 1 aromatic carbocycles. The molecule has 1 aromatic rings. The molecular formula is C10H10BNO4. The number of rotatable bonds is 3. The molecule has 0 spiro atoms. The Morgan fingerprint density at radius 1 is 1.62 bits per heavy atom. The third-order valence-corrected chi connectivity index (χ3v) is 2.39. The van der Waals surface area contributed by atoms with Crippen molar-refractivity contribution in [1.82, 2.24) is 0 Å². The van der Waals surface area contributed by atoms with E-state index in [4.69, 9.17) is 19.4 Å². The number of hydrogen-bond acceptors (Lipinski definition) is 5. The Morgan fingerprint density at radius 2 is 2.44 bits per heavy atom. The summed E-state index contributed by atoms with van der Waals surface area (Å²) in [5.41, 5.74) is 1.62. The van der Waals surface area contributed by atoms with Gasteiger partial charge in [0.2, 0.25) is 0 Å². The second-order valence-corrected chi connectivity index (χ2v) is 3.34. The van der Waals surface area contributed by atoms with Gasteiger partial charge in [0.15, 0.2) is 6.79 Å². The second-order valence-electron chi connectivity index (χ2n) is 3.34. The third kappa shape index (κ3) is 1.76. The predicted octanol–water partition coefficient (Wildman–Crippen LogP) is -0.241. The lowest BCUT2D eigenvalue weighted by Crippen LogP contribution is -2.31. The molecule has 0 saturated carbocycles. The fourth-order valence-electron chi connectivity index (χ4n) is 1.66. The molecule has 0 saturated heterocycles. The average molecular weight is 219 g/mol. The largest absolute Gasteiger partial charge is 0.493 e. The van der Waals surface area contributed by atoms with Crippen LogP contribution in [0.3, 0.4) is 0 Å². The van der Waals surface area contributed by atoms with Crippen molar-refractivity contribution in [2.75, 3.05) is 13.9 Å². The van der Waals surface area contributed by atoms with Gasteiger partial charge in [-0.1, -0.05) is 6.07 Å². The van der Waals surface area contributed by atoms with Gasteiger partial charge in [0.25, 0.3) is 0 Å². The van der Waals surface area contributed by atoms with E-state index < -0.39 is 7.12 Å². The fourth-order valence-corrected chi connectivity index (χ4v) is 1.66. The molecule has 0 amide bonds. The SMILES string of the molecule is COCOc1ccc2c(c1C#N)B(O)OC2. The third-order valence-electron chi connectivity index (χ3n) is 2.39. The van der Waals surface area contributed by atoms with Crippen molar-refractivity contribution < 1.29 is 19.2 Å². The molecule has 1 N–H and O–H groups in total. The van der Waals surface area contributed by atoms with Crippen LogP contribution in [0.25, 0.3) is 0 Å². The predicted molar refractivity (Wildman–Crippen MR) is 56.1 cm³/mol. The van der Waals surface area contributed by atoms with Crippen LogP contribution in [0.1, 0.15) is 11.1 Å². The quantitative estimate of drug-likeness (QED) is 0.561. The van der Waals surface area contributed by atoms with Crippen LogP contribution in [0.2, 0.25) is 0 Å². The molecule has 16 heavy (non-hydrogen) atoms. The zero-order valence-corrected chi connectivity index (χ0v) is 8.77. The Labute approximate surface area is 93.3 Å². The van der Waals surface area contributed by atoms with E-state index >= 15 is 0 Å². The summed E-state index contributed by atoms with van der Waals surface area (Å²) in [6, 6.07) is 5.47. The molecule has 0 atom stereocenters. The summed E-state index contributed by atoms with van der Waals surface area (Å²) in [6.07, 6.45) is 0. The molecule has 6 heteroatoms. The van der Waals surface area contributed by atoms with Gasteiger partial charge in [-0.25, -0.2) is 0 Å². The van der Waals surface area contributed by atoms with E-state index in [1.807, 2.05) is 6.07 Å². The molecule has 0 unspecified atom stereocenters. The molecule has 0 aliphatic carbocycles. The van der Waals surface area contributed by atoms with Gasteiger partial charge in [-0.3, -0.25) is 0 Å². The molecule has 1 aliphatic rings. The fraction of sp³-hybridized carbons (Fsp3) is 0.300. The molecule has 0 radical (unpaired) electrons. The first-order chi connectivity index (χ1) is 7.77. The number of ether oxygens (including phenoxy) is 2. The van der Waals surface area contributed by atoms with Crippen LogP contribution in [0.15, 0.2) is 12.1 Å². The topological polar surface area (TPSA) is 71.7 Å². The van der Waals surface area contributed by atoms with Gasteiger partial charge in [-0.2, -0.15) is 5.26 Å². The zero-order chi connectivity index (χ0) is 11.5. The summed E-state index contributed by atoms with van der Waals surface area (Å²) in [5.74, 6) is 0.396. The van der Waals surface area contributed by atoms with E-state index in [0.29, 0.717) is 23.4 Å². The number of nitriles is 1.